The van der Waals surface area contributed by atoms with Crippen LogP contribution in [-0.4, -0.2) is 36.6 Å². The average Bonchev–Trinajstić information content (AvgIpc) is 3.28. The SMILES string of the molecule is O=C(Nc1c(C(=O)N2CCCCCC2)oc2ccccc12)c1ccc2c(c1)OCO2. The lowest BCUT2D eigenvalue weighted by Crippen LogP contribution is -2.32. The number of nitrogens with one attached hydrogen (secondary N) is 1. The summed E-state index contributed by atoms with van der Waals surface area (Å²) in [5, 5.41) is 3.60. The van der Waals surface area contributed by atoms with Gasteiger partial charge in [0.15, 0.2) is 11.5 Å². The van der Waals surface area contributed by atoms with Crippen molar-refractivity contribution in [2.45, 2.75) is 25.7 Å². The van der Waals surface area contributed by atoms with Gasteiger partial charge in [0.2, 0.25) is 12.6 Å². The normalized spacial score (nSPS) is 15.8. The zero-order chi connectivity index (χ0) is 20.5. The van der Waals surface area contributed by atoms with Crippen LogP contribution in [0.4, 0.5) is 5.69 Å². The summed E-state index contributed by atoms with van der Waals surface area (Å²) in [7, 11) is 0. The third-order valence-corrected chi connectivity index (χ3v) is 5.56. The van der Waals surface area contributed by atoms with E-state index in [1.807, 2.05) is 23.1 Å². The van der Waals surface area contributed by atoms with Gasteiger partial charge in [0.1, 0.15) is 11.3 Å². The highest BCUT2D eigenvalue weighted by Crippen LogP contribution is 2.35. The summed E-state index contributed by atoms with van der Waals surface area (Å²) >= 11 is 0. The number of fused-ring (bicyclic) bond motifs is 2. The van der Waals surface area contributed by atoms with Gasteiger partial charge >= 0.3 is 0 Å². The minimum Gasteiger partial charge on any atom is -0.454 e. The number of para-hydroxylation sites is 1. The predicted molar refractivity (Wildman–Crippen MR) is 111 cm³/mol. The topological polar surface area (TPSA) is 81.0 Å². The maximum absolute atomic E-state index is 13.3. The fraction of sp³-hybridized carbons (Fsp3) is 0.304. The van der Waals surface area contributed by atoms with Gasteiger partial charge in [0, 0.05) is 24.0 Å². The van der Waals surface area contributed by atoms with E-state index in [-0.39, 0.29) is 24.4 Å². The van der Waals surface area contributed by atoms with Crippen molar-refractivity contribution in [3.05, 3.63) is 53.8 Å². The first kappa shape index (κ1) is 18.5. The summed E-state index contributed by atoms with van der Waals surface area (Å²) in [6.45, 7) is 1.54. The standard InChI is InChI=1S/C23H22N2O5/c26-22(15-9-10-18-19(13-15)29-14-28-18)24-20-16-7-3-4-8-17(16)30-21(20)23(27)25-11-5-1-2-6-12-25/h3-4,7-10,13H,1-2,5-6,11-12,14H2,(H,24,26). The third kappa shape index (κ3) is 3.36. The second-order valence-corrected chi connectivity index (χ2v) is 7.53. The third-order valence-electron chi connectivity index (χ3n) is 5.56. The minimum atomic E-state index is -0.343. The Morgan fingerprint density at radius 3 is 2.50 bits per heavy atom. The lowest BCUT2D eigenvalue weighted by atomic mass is 10.1. The monoisotopic (exact) mass is 406 g/mol. The fourth-order valence-electron chi connectivity index (χ4n) is 3.96. The molecule has 1 fully saturated rings. The first-order valence-corrected chi connectivity index (χ1v) is 10.2. The van der Waals surface area contributed by atoms with E-state index in [4.69, 9.17) is 13.9 Å². The Labute approximate surface area is 173 Å². The van der Waals surface area contributed by atoms with E-state index in [0.29, 0.717) is 46.8 Å². The highest BCUT2D eigenvalue weighted by Gasteiger charge is 2.27. The number of hydrogen-bond acceptors (Lipinski definition) is 5. The lowest BCUT2D eigenvalue weighted by Gasteiger charge is -2.19. The van der Waals surface area contributed by atoms with Gasteiger partial charge < -0.3 is 24.1 Å². The highest BCUT2D eigenvalue weighted by atomic mass is 16.7. The molecule has 7 heteroatoms. The van der Waals surface area contributed by atoms with E-state index < -0.39 is 0 Å². The van der Waals surface area contributed by atoms with Crippen molar-refractivity contribution < 1.29 is 23.5 Å². The van der Waals surface area contributed by atoms with Crippen LogP contribution in [0.25, 0.3) is 11.0 Å². The van der Waals surface area contributed by atoms with Gasteiger partial charge in [-0.1, -0.05) is 25.0 Å². The molecule has 2 aliphatic heterocycles. The number of amides is 2. The van der Waals surface area contributed by atoms with E-state index in [2.05, 4.69) is 5.32 Å². The summed E-state index contributed by atoms with van der Waals surface area (Å²) in [6, 6.07) is 12.3. The van der Waals surface area contributed by atoms with Crippen LogP contribution in [0.15, 0.2) is 46.9 Å². The van der Waals surface area contributed by atoms with Gasteiger partial charge in [-0.2, -0.15) is 0 Å². The molecule has 0 unspecified atom stereocenters. The molecule has 2 amide bonds. The molecular weight excluding hydrogens is 384 g/mol. The Hall–Kier alpha value is -3.48. The van der Waals surface area contributed by atoms with Crippen molar-refractivity contribution >= 4 is 28.5 Å². The van der Waals surface area contributed by atoms with Crippen LogP contribution in [0.2, 0.25) is 0 Å². The molecule has 0 aliphatic carbocycles. The van der Waals surface area contributed by atoms with Crippen LogP contribution >= 0.6 is 0 Å². The number of furan rings is 1. The average molecular weight is 406 g/mol. The largest absolute Gasteiger partial charge is 0.454 e. The molecule has 1 aromatic heterocycles. The Bertz CT molecular complexity index is 1110. The van der Waals surface area contributed by atoms with Gasteiger partial charge in [-0.15, -0.1) is 0 Å². The van der Waals surface area contributed by atoms with Gasteiger partial charge in [0.05, 0.1) is 0 Å². The Balaban J connectivity index is 1.49. The summed E-state index contributed by atoms with van der Waals surface area (Å²) in [4.78, 5) is 28.1. The number of ether oxygens (including phenoxy) is 2. The van der Waals surface area contributed by atoms with Gasteiger partial charge in [-0.3, -0.25) is 9.59 Å². The Morgan fingerprint density at radius 2 is 1.67 bits per heavy atom. The molecule has 5 rings (SSSR count). The van der Waals surface area contributed by atoms with Crippen molar-refractivity contribution in [1.29, 1.82) is 0 Å². The van der Waals surface area contributed by atoms with Gasteiger partial charge in [-0.25, -0.2) is 0 Å². The van der Waals surface area contributed by atoms with Crippen molar-refractivity contribution in [1.82, 2.24) is 4.90 Å². The molecule has 2 aliphatic rings. The molecule has 0 atom stereocenters. The molecular formula is C23H22N2O5. The zero-order valence-corrected chi connectivity index (χ0v) is 16.5. The molecule has 2 aromatic carbocycles. The van der Waals surface area contributed by atoms with E-state index in [1.54, 1.807) is 24.3 Å². The van der Waals surface area contributed by atoms with E-state index in [0.717, 1.165) is 25.7 Å². The van der Waals surface area contributed by atoms with E-state index >= 15 is 0 Å². The maximum atomic E-state index is 13.3. The second kappa shape index (κ2) is 7.74. The quantitative estimate of drug-likeness (QED) is 0.696. The number of nitrogens with zero attached hydrogens (tertiary/aromatic N) is 1. The highest BCUT2D eigenvalue weighted by molar-refractivity contribution is 6.14. The Kier molecular flexibility index (Phi) is 4.78. The minimum absolute atomic E-state index is 0.140. The van der Waals surface area contributed by atoms with Crippen molar-refractivity contribution in [2.24, 2.45) is 0 Å². The molecule has 0 radical (unpaired) electrons. The number of benzene rings is 2. The van der Waals surface area contributed by atoms with Crippen LogP contribution < -0.4 is 14.8 Å². The number of carbonyl (C=O) groups is 2. The first-order valence-electron chi connectivity index (χ1n) is 10.2. The van der Waals surface area contributed by atoms with Crippen LogP contribution in [-0.2, 0) is 0 Å². The summed E-state index contributed by atoms with van der Waals surface area (Å²) in [5.74, 6) is 0.781. The van der Waals surface area contributed by atoms with Crippen molar-refractivity contribution in [2.75, 3.05) is 25.2 Å². The smallest absolute Gasteiger partial charge is 0.291 e. The maximum Gasteiger partial charge on any atom is 0.291 e. The molecule has 3 heterocycles. The molecule has 3 aromatic rings. The predicted octanol–water partition coefficient (Wildman–Crippen LogP) is 4.43. The molecule has 0 saturated carbocycles. The first-order chi connectivity index (χ1) is 14.7. The van der Waals surface area contributed by atoms with Crippen LogP contribution in [0.3, 0.4) is 0 Å². The number of hydrogen-bond donors (Lipinski definition) is 1. The molecule has 1 saturated heterocycles. The number of carbonyl (C=O) groups excluding carboxylic acids is 2. The molecule has 30 heavy (non-hydrogen) atoms. The number of anilines is 1. The summed E-state index contributed by atoms with van der Waals surface area (Å²) in [5.41, 5.74) is 1.39. The lowest BCUT2D eigenvalue weighted by molar-refractivity contribution is 0.0733. The molecule has 7 nitrogen and oxygen atoms in total. The van der Waals surface area contributed by atoms with Gasteiger partial charge in [-0.05, 0) is 43.2 Å². The van der Waals surface area contributed by atoms with Crippen LogP contribution in [0.5, 0.6) is 11.5 Å². The van der Waals surface area contributed by atoms with E-state index in [1.165, 1.54) is 0 Å². The second-order valence-electron chi connectivity index (χ2n) is 7.53. The molecule has 154 valence electrons. The van der Waals surface area contributed by atoms with E-state index in [9.17, 15) is 9.59 Å². The van der Waals surface area contributed by atoms with Crippen molar-refractivity contribution in [3.63, 3.8) is 0 Å². The van der Waals surface area contributed by atoms with Crippen LogP contribution in [0, 0.1) is 0 Å². The fourth-order valence-corrected chi connectivity index (χ4v) is 3.96. The summed E-state index contributed by atoms with van der Waals surface area (Å²) < 4.78 is 16.6. The molecule has 0 bridgehead atoms. The zero-order valence-electron chi connectivity index (χ0n) is 16.5. The Morgan fingerprint density at radius 1 is 0.900 bits per heavy atom. The number of rotatable bonds is 3. The number of likely N-dealkylation sites (tertiary alicyclic amines) is 1. The van der Waals surface area contributed by atoms with Gasteiger partial charge in [0.25, 0.3) is 11.8 Å². The van der Waals surface area contributed by atoms with Crippen molar-refractivity contribution in [3.8, 4) is 11.5 Å². The molecule has 1 N–H and O–H groups in total. The molecule has 0 spiro atoms. The summed E-state index contributed by atoms with van der Waals surface area (Å²) in [6.07, 6.45) is 4.20. The van der Waals surface area contributed by atoms with Crippen LogP contribution in [0.1, 0.15) is 46.6 Å².